The quantitative estimate of drug-likeness (QED) is 0.582. The van der Waals surface area contributed by atoms with Crippen molar-refractivity contribution in [2.45, 2.75) is 0 Å². The lowest BCUT2D eigenvalue weighted by Crippen LogP contribution is -2.14. The van der Waals surface area contributed by atoms with Crippen molar-refractivity contribution in [2.75, 3.05) is 24.3 Å². The maximum absolute atomic E-state index is 13.1. The zero-order valence-corrected chi connectivity index (χ0v) is 15.5. The Morgan fingerprint density at radius 3 is 2.48 bits per heavy atom. The fourth-order valence-electron chi connectivity index (χ4n) is 2.64. The zero-order valence-electron chi connectivity index (χ0n) is 14.7. The lowest BCUT2D eigenvalue weighted by Gasteiger charge is -2.12. The summed E-state index contributed by atoms with van der Waals surface area (Å²) in [5.41, 5.74) is 3.15. The van der Waals surface area contributed by atoms with Gasteiger partial charge in [0.15, 0.2) is 0 Å². The molecule has 0 spiro atoms. The van der Waals surface area contributed by atoms with E-state index in [1.165, 1.54) is 23.5 Å². The second-order valence-electron chi connectivity index (χ2n) is 6.15. The highest BCUT2D eigenvalue weighted by molar-refractivity contribution is 7.15. The van der Waals surface area contributed by atoms with Crippen LogP contribution in [0.4, 0.5) is 16.0 Å². The Hall–Kier alpha value is -3.26. The minimum atomic E-state index is -0.294. The van der Waals surface area contributed by atoms with Gasteiger partial charge in [0.05, 0.1) is 5.69 Å². The van der Waals surface area contributed by atoms with E-state index in [1.807, 2.05) is 36.5 Å². The highest BCUT2D eigenvalue weighted by Crippen LogP contribution is 2.26. The van der Waals surface area contributed by atoms with Gasteiger partial charge in [-0.3, -0.25) is 10.1 Å². The number of amides is 1. The van der Waals surface area contributed by atoms with E-state index in [9.17, 15) is 9.18 Å². The van der Waals surface area contributed by atoms with Gasteiger partial charge in [-0.2, -0.15) is 4.98 Å². The SMILES string of the molecule is CN(C)c1ccc(C(=O)Nc2nc3scc(-c4ccc(F)cc4)n3n2)cc1. The van der Waals surface area contributed by atoms with Crippen LogP contribution in [0, 0.1) is 5.82 Å². The maximum Gasteiger partial charge on any atom is 0.258 e. The molecule has 0 fully saturated rings. The standard InChI is InChI=1S/C19H16FN5OS/c1-24(2)15-9-5-13(6-10-15)17(26)21-18-22-19-25(23-18)16(11-27-19)12-3-7-14(20)8-4-12/h3-11H,1-2H3,(H,21,23,26). The van der Waals surface area contributed by atoms with Crippen molar-refractivity contribution < 1.29 is 9.18 Å². The molecular formula is C19H16FN5OS. The first-order chi connectivity index (χ1) is 13.0. The third-order valence-corrected chi connectivity index (χ3v) is 4.91. The van der Waals surface area contributed by atoms with Gasteiger partial charge in [0.2, 0.25) is 4.96 Å². The molecule has 0 bridgehead atoms. The van der Waals surface area contributed by atoms with Crippen LogP contribution in [0.1, 0.15) is 10.4 Å². The summed E-state index contributed by atoms with van der Waals surface area (Å²) < 4.78 is 14.8. The predicted octanol–water partition coefficient (Wildman–Crippen LogP) is 3.92. The summed E-state index contributed by atoms with van der Waals surface area (Å²) in [7, 11) is 3.88. The molecule has 8 heteroatoms. The van der Waals surface area contributed by atoms with Crippen molar-refractivity contribution in [3.8, 4) is 11.3 Å². The van der Waals surface area contributed by atoms with E-state index in [2.05, 4.69) is 15.4 Å². The number of benzene rings is 2. The van der Waals surface area contributed by atoms with Gasteiger partial charge >= 0.3 is 0 Å². The lowest BCUT2D eigenvalue weighted by atomic mass is 10.2. The highest BCUT2D eigenvalue weighted by Gasteiger charge is 2.14. The molecule has 0 aliphatic rings. The van der Waals surface area contributed by atoms with Gasteiger partial charge in [-0.15, -0.1) is 16.4 Å². The fourth-order valence-corrected chi connectivity index (χ4v) is 3.47. The van der Waals surface area contributed by atoms with Crippen molar-refractivity contribution in [3.05, 3.63) is 65.3 Å². The molecule has 2 heterocycles. The highest BCUT2D eigenvalue weighted by atomic mass is 32.1. The van der Waals surface area contributed by atoms with Gasteiger partial charge < -0.3 is 4.90 Å². The van der Waals surface area contributed by atoms with Crippen molar-refractivity contribution in [2.24, 2.45) is 0 Å². The topological polar surface area (TPSA) is 62.5 Å². The fraction of sp³-hybridized carbons (Fsp3) is 0.105. The number of hydrogen-bond donors (Lipinski definition) is 1. The van der Waals surface area contributed by atoms with Crippen LogP contribution < -0.4 is 10.2 Å². The number of carbonyl (C=O) groups excluding carboxylic acids is 1. The lowest BCUT2D eigenvalue weighted by molar-refractivity contribution is 0.102. The average Bonchev–Trinajstić information content (AvgIpc) is 3.22. The number of hydrogen-bond acceptors (Lipinski definition) is 5. The number of thiazole rings is 1. The van der Waals surface area contributed by atoms with E-state index in [0.29, 0.717) is 10.5 Å². The largest absolute Gasteiger partial charge is 0.378 e. The zero-order chi connectivity index (χ0) is 19.0. The van der Waals surface area contributed by atoms with Gasteiger partial charge in [0, 0.05) is 36.3 Å². The Morgan fingerprint density at radius 2 is 1.81 bits per heavy atom. The van der Waals surface area contributed by atoms with Crippen LogP contribution in [0.5, 0.6) is 0 Å². The Bertz CT molecular complexity index is 1100. The van der Waals surface area contributed by atoms with Crippen molar-refractivity contribution in [1.82, 2.24) is 14.6 Å². The predicted molar refractivity (Wildman–Crippen MR) is 105 cm³/mol. The summed E-state index contributed by atoms with van der Waals surface area (Å²) in [5, 5.41) is 8.98. The van der Waals surface area contributed by atoms with Gasteiger partial charge in [0.1, 0.15) is 5.82 Å². The van der Waals surface area contributed by atoms with E-state index in [1.54, 1.807) is 28.8 Å². The number of anilines is 2. The van der Waals surface area contributed by atoms with Crippen molar-refractivity contribution in [1.29, 1.82) is 0 Å². The Morgan fingerprint density at radius 1 is 1.11 bits per heavy atom. The third-order valence-electron chi connectivity index (χ3n) is 4.09. The minimum Gasteiger partial charge on any atom is -0.378 e. The van der Waals surface area contributed by atoms with Gasteiger partial charge in [-0.1, -0.05) is 0 Å². The minimum absolute atomic E-state index is 0.229. The van der Waals surface area contributed by atoms with Crippen LogP contribution in [-0.2, 0) is 0 Å². The number of aromatic nitrogens is 3. The number of halogens is 1. The molecule has 0 radical (unpaired) electrons. The monoisotopic (exact) mass is 381 g/mol. The van der Waals surface area contributed by atoms with E-state index in [0.717, 1.165) is 16.9 Å². The summed E-state index contributed by atoms with van der Waals surface area (Å²) >= 11 is 1.40. The first kappa shape index (κ1) is 17.2. The average molecular weight is 381 g/mol. The smallest absolute Gasteiger partial charge is 0.258 e. The van der Waals surface area contributed by atoms with E-state index < -0.39 is 0 Å². The second-order valence-corrected chi connectivity index (χ2v) is 6.99. The molecular weight excluding hydrogens is 365 g/mol. The Balaban J connectivity index is 1.57. The Kier molecular flexibility index (Phi) is 4.33. The summed E-state index contributed by atoms with van der Waals surface area (Å²) in [6.45, 7) is 0. The number of carbonyl (C=O) groups is 1. The first-order valence-electron chi connectivity index (χ1n) is 8.20. The molecule has 0 aliphatic heterocycles. The van der Waals surface area contributed by atoms with E-state index >= 15 is 0 Å². The number of rotatable bonds is 4. The molecule has 0 aliphatic carbocycles. The van der Waals surface area contributed by atoms with Gasteiger partial charge in [-0.05, 0) is 48.5 Å². The second kappa shape index (κ2) is 6.81. The molecule has 0 saturated carbocycles. The molecule has 4 rings (SSSR count). The number of nitrogens with zero attached hydrogens (tertiary/aromatic N) is 4. The van der Waals surface area contributed by atoms with Gasteiger partial charge in [0.25, 0.3) is 11.9 Å². The van der Waals surface area contributed by atoms with Crippen LogP contribution in [0.2, 0.25) is 0 Å². The molecule has 2 aromatic heterocycles. The van der Waals surface area contributed by atoms with Crippen molar-refractivity contribution >= 4 is 33.8 Å². The summed E-state index contributed by atoms with van der Waals surface area (Å²) in [6, 6.07) is 13.4. The van der Waals surface area contributed by atoms with Crippen LogP contribution >= 0.6 is 11.3 Å². The molecule has 27 heavy (non-hydrogen) atoms. The van der Waals surface area contributed by atoms with Crippen molar-refractivity contribution in [3.63, 3.8) is 0 Å². The van der Waals surface area contributed by atoms with Crippen LogP contribution in [0.15, 0.2) is 53.9 Å². The molecule has 1 amide bonds. The number of fused-ring (bicyclic) bond motifs is 1. The van der Waals surface area contributed by atoms with Crippen LogP contribution in [0.3, 0.4) is 0 Å². The number of nitrogens with one attached hydrogen (secondary N) is 1. The maximum atomic E-state index is 13.1. The summed E-state index contributed by atoms with van der Waals surface area (Å²) in [5.74, 6) is -0.342. The van der Waals surface area contributed by atoms with Gasteiger partial charge in [-0.25, -0.2) is 8.91 Å². The summed E-state index contributed by atoms with van der Waals surface area (Å²) in [6.07, 6.45) is 0. The summed E-state index contributed by atoms with van der Waals surface area (Å²) in [4.78, 5) is 19.4. The molecule has 2 aromatic carbocycles. The van der Waals surface area contributed by atoms with Crippen LogP contribution in [-0.4, -0.2) is 34.6 Å². The molecule has 1 N–H and O–H groups in total. The third kappa shape index (κ3) is 3.39. The molecule has 136 valence electrons. The van der Waals surface area contributed by atoms with E-state index in [-0.39, 0.29) is 17.7 Å². The first-order valence-corrected chi connectivity index (χ1v) is 9.08. The molecule has 0 atom stereocenters. The molecule has 0 unspecified atom stereocenters. The molecule has 0 saturated heterocycles. The normalized spacial score (nSPS) is 10.9. The van der Waals surface area contributed by atoms with Crippen LogP contribution in [0.25, 0.3) is 16.2 Å². The van der Waals surface area contributed by atoms with E-state index in [4.69, 9.17) is 0 Å². The molecule has 6 nitrogen and oxygen atoms in total. The molecule has 4 aromatic rings. The Labute approximate surface area is 158 Å².